The van der Waals surface area contributed by atoms with Crippen molar-refractivity contribution in [2.75, 3.05) is 5.32 Å². The van der Waals surface area contributed by atoms with E-state index in [1.807, 2.05) is 0 Å². The SMILES string of the molecule is NC(CC(=O)O)C(=O)Nc1cc(Br)cnc1Cl. The molecule has 1 aromatic rings. The Bertz CT molecular complexity index is 455. The molecule has 1 atom stereocenters. The predicted molar refractivity (Wildman–Crippen MR) is 65.8 cm³/mol. The van der Waals surface area contributed by atoms with Gasteiger partial charge in [-0.15, -0.1) is 0 Å². The lowest BCUT2D eigenvalue weighted by molar-refractivity contribution is -0.138. The van der Waals surface area contributed by atoms with Crippen LogP contribution >= 0.6 is 27.5 Å². The number of amides is 1. The molecular formula is C9H9BrClN3O3. The Kier molecular flexibility index (Phi) is 4.86. The van der Waals surface area contributed by atoms with Crippen LogP contribution in [0.15, 0.2) is 16.7 Å². The van der Waals surface area contributed by atoms with Crippen LogP contribution in [0.25, 0.3) is 0 Å². The molecule has 0 aromatic carbocycles. The quantitative estimate of drug-likeness (QED) is 0.723. The van der Waals surface area contributed by atoms with E-state index >= 15 is 0 Å². The molecule has 0 spiro atoms. The van der Waals surface area contributed by atoms with Gasteiger partial charge < -0.3 is 16.2 Å². The summed E-state index contributed by atoms with van der Waals surface area (Å²) in [7, 11) is 0. The van der Waals surface area contributed by atoms with Gasteiger partial charge in [0.15, 0.2) is 5.15 Å². The number of carbonyl (C=O) groups is 2. The molecule has 8 heteroatoms. The Morgan fingerprint density at radius 2 is 2.29 bits per heavy atom. The lowest BCUT2D eigenvalue weighted by Gasteiger charge is -2.11. The number of pyridine rings is 1. The second-order valence-corrected chi connectivity index (χ2v) is 4.46. The fourth-order valence-corrected chi connectivity index (χ4v) is 1.50. The van der Waals surface area contributed by atoms with Crippen molar-refractivity contribution in [3.63, 3.8) is 0 Å². The Morgan fingerprint density at radius 1 is 1.65 bits per heavy atom. The van der Waals surface area contributed by atoms with E-state index in [1.54, 1.807) is 6.07 Å². The highest BCUT2D eigenvalue weighted by Crippen LogP contribution is 2.22. The molecule has 0 fully saturated rings. The molecule has 1 rings (SSSR count). The maximum atomic E-state index is 11.5. The van der Waals surface area contributed by atoms with E-state index in [1.165, 1.54) is 6.20 Å². The van der Waals surface area contributed by atoms with Crippen LogP contribution in [0.1, 0.15) is 6.42 Å². The number of rotatable bonds is 4. The Balaban J connectivity index is 2.73. The Morgan fingerprint density at radius 3 is 2.88 bits per heavy atom. The number of anilines is 1. The van der Waals surface area contributed by atoms with Crippen molar-refractivity contribution in [1.82, 2.24) is 4.98 Å². The monoisotopic (exact) mass is 321 g/mol. The third-order valence-electron chi connectivity index (χ3n) is 1.79. The van der Waals surface area contributed by atoms with E-state index in [9.17, 15) is 9.59 Å². The molecule has 1 amide bonds. The van der Waals surface area contributed by atoms with E-state index in [-0.39, 0.29) is 10.8 Å². The maximum absolute atomic E-state index is 11.5. The number of hydrogen-bond donors (Lipinski definition) is 3. The lowest BCUT2D eigenvalue weighted by Crippen LogP contribution is -2.37. The van der Waals surface area contributed by atoms with Crippen molar-refractivity contribution in [3.8, 4) is 0 Å². The standard InChI is InChI=1S/C9H9BrClN3O3/c10-4-1-6(8(11)13-3-4)14-9(17)5(12)2-7(15)16/h1,3,5H,2,12H2,(H,14,17)(H,15,16). The van der Waals surface area contributed by atoms with Gasteiger partial charge in [0.1, 0.15) is 0 Å². The van der Waals surface area contributed by atoms with Crippen molar-refractivity contribution in [1.29, 1.82) is 0 Å². The molecule has 0 saturated heterocycles. The smallest absolute Gasteiger partial charge is 0.305 e. The number of nitrogens with two attached hydrogens (primary N) is 1. The van der Waals surface area contributed by atoms with Gasteiger partial charge in [0, 0.05) is 10.7 Å². The van der Waals surface area contributed by atoms with Gasteiger partial charge in [-0.2, -0.15) is 0 Å². The summed E-state index contributed by atoms with van der Waals surface area (Å²) in [4.78, 5) is 25.7. The van der Waals surface area contributed by atoms with Crippen LogP contribution in [0.3, 0.4) is 0 Å². The van der Waals surface area contributed by atoms with Gasteiger partial charge in [0.2, 0.25) is 5.91 Å². The van der Waals surface area contributed by atoms with Crippen LogP contribution in [0, 0.1) is 0 Å². The first-order valence-corrected chi connectivity index (χ1v) is 5.66. The van der Waals surface area contributed by atoms with Gasteiger partial charge in [-0.3, -0.25) is 9.59 Å². The van der Waals surface area contributed by atoms with Crippen LogP contribution in [-0.4, -0.2) is 28.0 Å². The number of aliphatic carboxylic acids is 1. The molecule has 6 nitrogen and oxygen atoms in total. The Hall–Kier alpha value is -1.18. The topological polar surface area (TPSA) is 105 Å². The van der Waals surface area contributed by atoms with Gasteiger partial charge >= 0.3 is 5.97 Å². The molecule has 1 aromatic heterocycles. The number of carboxylic acids is 1. The number of hydrogen-bond acceptors (Lipinski definition) is 4. The van der Waals surface area contributed by atoms with E-state index in [0.29, 0.717) is 4.47 Å². The van der Waals surface area contributed by atoms with Gasteiger partial charge in [-0.25, -0.2) is 4.98 Å². The van der Waals surface area contributed by atoms with E-state index in [4.69, 9.17) is 22.4 Å². The normalized spacial score (nSPS) is 11.9. The second kappa shape index (κ2) is 5.95. The summed E-state index contributed by atoms with van der Waals surface area (Å²) in [5.74, 6) is -1.78. The number of carbonyl (C=O) groups excluding carboxylic acids is 1. The van der Waals surface area contributed by atoms with Crippen LogP contribution in [0.5, 0.6) is 0 Å². The molecule has 1 unspecified atom stereocenters. The molecule has 0 radical (unpaired) electrons. The summed E-state index contributed by atoms with van der Waals surface area (Å²) >= 11 is 8.91. The van der Waals surface area contributed by atoms with Crippen molar-refractivity contribution >= 4 is 45.1 Å². The molecular weight excluding hydrogens is 313 g/mol. The molecule has 1 heterocycles. The first-order valence-electron chi connectivity index (χ1n) is 4.49. The fourth-order valence-electron chi connectivity index (χ4n) is 1.02. The van der Waals surface area contributed by atoms with Crippen molar-refractivity contribution in [2.24, 2.45) is 5.73 Å². The van der Waals surface area contributed by atoms with Crippen LogP contribution < -0.4 is 11.1 Å². The molecule has 17 heavy (non-hydrogen) atoms. The summed E-state index contributed by atoms with van der Waals surface area (Å²) in [5, 5.41) is 11.0. The summed E-state index contributed by atoms with van der Waals surface area (Å²) in [6.07, 6.45) is 1.01. The summed E-state index contributed by atoms with van der Waals surface area (Å²) < 4.78 is 0.629. The lowest BCUT2D eigenvalue weighted by atomic mass is 10.2. The molecule has 0 saturated carbocycles. The van der Waals surface area contributed by atoms with Crippen molar-refractivity contribution in [2.45, 2.75) is 12.5 Å². The third-order valence-corrected chi connectivity index (χ3v) is 2.53. The van der Waals surface area contributed by atoms with E-state index < -0.39 is 24.3 Å². The number of carboxylic acid groups (broad SMARTS) is 1. The highest BCUT2D eigenvalue weighted by Gasteiger charge is 2.18. The zero-order chi connectivity index (χ0) is 13.0. The number of halogens is 2. The van der Waals surface area contributed by atoms with Gasteiger partial charge in [-0.05, 0) is 22.0 Å². The van der Waals surface area contributed by atoms with Gasteiger partial charge in [0.05, 0.1) is 18.2 Å². The first-order chi connectivity index (χ1) is 7.90. The largest absolute Gasteiger partial charge is 0.481 e. The second-order valence-electron chi connectivity index (χ2n) is 3.19. The zero-order valence-corrected chi connectivity index (χ0v) is 10.8. The summed E-state index contributed by atoms with van der Waals surface area (Å²) in [6.45, 7) is 0. The van der Waals surface area contributed by atoms with Crippen molar-refractivity contribution in [3.05, 3.63) is 21.9 Å². The number of nitrogens with zero attached hydrogens (tertiary/aromatic N) is 1. The summed E-state index contributed by atoms with van der Waals surface area (Å²) in [6, 6.07) is 0.406. The first kappa shape index (κ1) is 13.9. The Labute approximate surface area is 110 Å². The van der Waals surface area contributed by atoms with Gasteiger partial charge in [0.25, 0.3) is 0 Å². The number of aromatic nitrogens is 1. The zero-order valence-electron chi connectivity index (χ0n) is 8.48. The molecule has 0 aliphatic heterocycles. The minimum Gasteiger partial charge on any atom is -0.481 e. The van der Waals surface area contributed by atoms with Crippen molar-refractivity contribution < 1.29 is 14.7 Å². The van der Waals surface area contributed by atoms with Crippen LogP contribution in [0.2, 0.25) is 5.15 Å². The van der Waals surface area contributed by atoms with Gasteiger partial charge in [-0.1, -0.05) is 11.6 Å². The molecule has 0 bridgehead atoms. The van der Waals surface area contributed by atoms with E-state index in [2.05, 4.69) is 26.2 Å². The minimum absolute atomic E-state index is 0.101. The molecule has 0 aliphatic carbocycles. The van der Waals surface area contributed by atoms with E-state index in [0.717, 1.165) is 0 Å². The fraction of sp³-hybridized carbons (Fsp3) is 0.222. The highest BCUT2D eigenvalue weighted by molar-refractivity contribution is 9.10. The third kappa shape index (κ3) is 4.29. The van der Waals surface area contributed by atoms with Crippen LogP contribution in [-0.2, 0) is 9.59 Å². The average Bonchev–Trinajstić information content (AvgIpc) is 2.22. The average molecular weight is 323 g/mol. The minimum atomic E-state index is -1.15. The predicted octanol–water partition coefficient (Wildman–Crippen LogP) is 1.24. The molecule has 92 valence electrons. The van der Waals surface area contributed by atoms with Crippen LogP contribution in [0.4, 0.5) is 5.69 Å². The molecule has 4 N–H and O–H groups in total. The highest BCUT2D eigenvalue weighted by atomic mass is 79.9. The summed E-state index contributed by atoms with van der Waals surface area (Å²) in [5.41, 5.74) is 5.66. The maximum Gasteiger partial charge on any atom is 0.305 e. The number of nitrogens with one attached hydrogen (secondary N) is 1. The molecule has 0 aliphatic rings.